The molecule has 0 fully saturated rings. The Hall–Kier alpha value is -0.160. The van der Waals surface area contributed by atoms with Crippen LogP contribution in [-0.4, -0.2) is 48.6 Å². The Balaban J connectivity index is 3.35. The number of aliphatic hydroxyl groups excluding tert-OH is 2. The molecule has 0 aromatic carbocycles. The first-order valence-electron chi connectivity index (χ1n) is 5.46. The largest absolute Gasteiger partial charge is 0.395 e. The first-order chi connectivity index (χ1) is 6.78. The second-order valence-electron chi connectivity index (χ2n) is 3.48. The van der Waals surface area contributed by atoms with Gasteiger partial charge in [-0.1, -0.05) is 13.8 Å². The molecule has 4 heteroatoms. The lowest BCUT2D eigenvalue weighted by atomic mass is 10.2. The summed E-state index contributed by atoms with van der Waals surface area (Å²) in [7, 11) is 0. The molecule has 4 N–H and O–H groups in total. The fraction of sp³-hybridized carbons (Fsp3) is 1.00. The van der Waals surface area contributed by atoms with Gasteiger partial charge in [-0.15, -0.1) is 0 Å². The number of hydrogen-bond acceptors (Lipinski definition) is 4. The van der Waals surface area contributed by atoms with Crippen molar-refractivity contribution in [3.63, 3.8) is 0 Å². The molecule has 0 aliphatic rings. The molecule has 0 aromatic heterocycles. The molecule has 4 nitrogen and oxygen atoms in total. The van der Waals surface area contributed by atoms with Crippen LogP contribution in [0.5, 0.6) is 0 Å². The highest BCUT2D eigenvalue weighted by molar-refractivity contribution is 4.67. The number of nitrogens with one attached hydrogen (secondary N) is 2. The van der Waals surface area contributed by atoms with Crippen molar-refractivity contribution in [1.29, 1.82) is 0 Å². The predicted molar refractivity (Wildman–Crippen MR) is 58.3 cm³/mol. The van der Waals surface area contributed by atoms with Crippen LogP contribution in [0, 0.1) is 0 Å². The number of aliphatic hydroxyl groups is 2. The van der Waals surface area contributed by atoms with Crippen molar-refractivity contribution >= 4 is 0 Å². The standard InChI is InChI=1S/C10H24N2O2/c1-3-9(7-13)11-5-6-12-10(4-2)8-14/h9-14H,3-8H2,1-2H3/t9-,10+. The second-order valence-corrected chi connectivity index (χ2v) is 3.48. The molecule has 0 saturated carbocycles. The molecular formula is C10H24N2O2. The normalized spacial score (nSPS) is 15.4. The van der Waals surface area contributed by atoms with Crippen LogP contribution in [0.3, 0.4) is 0 Å². The Labute approximate surface area is 86.7 Å². The lowest BCUT2D eigenvalue weighted by Crippen LogP contribution is -2.40. The zero-order chi connectivity index (χ0) is 10.8. The Bertz CT molecular complexity index is 101. The highest BCUT2D eigenvalue weighted by atomic mass is 16.3. The summed E-state index contributed by atoms with van der Waals surface area (Å²) in [5.74, 6) is 0. The van der Waals surface area contributed by atoms with E-state index in [2.05, 4.69) is 10.6 Å². The monoisotopic (exact) mass is 204 g/mol. The van der Waals surface area contributed by atoms with Crippen LogP contribution in [0.1, 0.15) is 26.7 Å². The Kier molecular flexibility index (Phi) is 9.29. The third-order valence-corrected chi connectivity index (χ3v) is 2.42. The van der Waals surface area contributed by atoms with E-state index in [0.29, 0.717) is 0 Å². The summed E-state index contributed by atoms with van der Waals surface area (Å²) < 4.78 is 0. The van der Waals surface area contributed by atoms with Crippen molar-refractivity contribution in [3.05, 3.63) is 0 Å². The van der Waals surface area contributed by atoms with E-state index < -0.39 is 0 Å². The van der Waals surface area contributed by atoms with E-state index in [9.17, 15) is 0 Å². The minimum Gasteiger partial charge on any atom is -0.395 e. The van der Waals surface area contributed by atoms with Crippen LogP contribution < -0.4 is 10.6 Å². The van der Waals surface area contributed by atoms with Crippen LogP contribution in [0.15, 0.2) is 0 Å². The lowest BCUT2D eigenvalue weighted by molar-refractivity contribution is 0.229. The number of hydrogen-bond donors (Lipinski definition) is 4. The Morgan fingerprint density at radius 3 is 1.43 bits per heavy atom. The van der Waals surface area contributed by atoms with E-state index in [1.807, 2.05) is 13.8 Å². The third kappa shape index (κ3) is 6.32. The SMILES string of the molecule is CC[C@H](CO)NCCN[C@@H](CC)CO. The molecule has 0 radical (unpaired) electrons. The highest BCUT2D eigenvalue weighted by Crippen LogP contribution is 1.89. The van der Waals surface area contributed by atoms with Gasteiger partial charge in [0, 0.05) is 25.2 Å². The van der Waals surface area contributed by atoms with Crippen LogP contribution in [0.2, 0.25) is 0 Å². The average Bonchev–Trinajstić information content (AvgIpc) is 2.24. The van der Waals surface area contributed by atoms with Gasteiger partial charge in [-0.3, -0.25) is 0 Å². The van der Waals surface area contributed by atoms with E-state index in [0.717, 1.165) is 25.9 Å². The van der Waals surface area contributed by atoms with E-state index in [1.54, 1.807) is 0 Å². The van der Waals surface area contributed by atoms with Crippen LogP contribution in [-0.2, 0) is 0 Å². The quantitative estimate of drug-likeness (QED) is 0.390. The van der Waals surface area contributed by atoms with Gasteiger partial charge in [0.05, 0.1) is 13.2 Å². The molecule has 2 atom stereocenters. The maximum Gasteiger partial charge on any atom is 0.0584 e. The summed E-state index contributed by atoms with van der Waals surface area (Å²) in [5, 5.41) is 24.3. The molecule has 0 spiro atoms. The van der Waals surface area contributed by atoms with Crippen molar-refractivity contribution in [2.75, 3.05) is 26.3 Å². The van der Waals surface area contributed by atoms with Crippen molar-refractivity contribution in [1.82, 2.24) is 10.6 Å². The van der Waals surface area contributed by atoms with Gasteiger partial charge < -0.3 is 20.8 Å². The molecule has 0 heterocycles. The molecule has 0 aromatic rings. The average molecular weight is 204 g/mol. The topological polar surface area (TPSA) is 64.5 Å². The predicted octanol–water partition coefficient (Wildman–Crippen LogP) is -0.293. The van der Waals surface area contributed by atoms with Gasteiger partial charge in [-0.2, -0.15) is 0 Å². The molecule has 0 saturated heterocycles. The van der Waals surface area contributed by atoms with E-state index in [1.165, 1.54) is 0 Å². The zero-order valence-corrected chi connectivity index (χ0v) is 9.29. The van der Waals surface area contributed by atoms with Crippen LogP contribution >= 0.6 is 0 Å². The maximum absolute atomic E-state index is 8.90. The van der Waals surface area contributed by atoms with E-state index in [-0.39, 0.29) is 25.3 Å². The number of rotatable bonds is 9. The van der Waals surface area contributed by atoms with E-state index in [4.69, 9.17) is 10.2 Å². The van der Waals surface area contributed by atoms with Gasteiger partial charge in [0.2, 0.25) is 0 Å². The van der Waals surface area contributed by atoms with Crippen molar-refractivity contribution in [3.8, 4) is 0 Å². The summed E-state index contributed by atoms with van der Waals surface area (Å²) in [4.78, 5) is 0. The molecule has 0 aliphatic carbocycles. The van der Waals surface area contributed by atoms with Crippen molar-refractivity contribution in [2.24, 2.45) is 0 Å². The van der Waals surface area contributed by atoms with Crippen molar-refractivity contribution in [2.45, 2.75) is 38.8 Å². The summed E-state index contributed by atoms with van der Waals surface area (Å²) in [6, 6.07) is 0.400. The van der Waals surface area contributed by atoms with Crippen LogP contribution in [0.25, 0.3) is 0 Å². The van der Waals surface area contributed by atoms with E-state index >= 15 is 0 Å². The minimum atomic E-state index is 0.188. The third-order valence-electron chi connectivity index (χ3n) is 2.42. The molecule has 0 bridgehead atoms. The molecule has 0 rings (SSSR count). The molecular weight excluding hydrogens is 180 g/mol. The summed E-state index contributed by atoms with van der Waals surface area (Å²) in [5.41, 5.74) is 0. The van der Waals surface area contributed by atoms with Gasteiger partial charge >= 0.3 is 0 Å². The molecule has 0 aliphatic heterocycles. The maximum atomic E-state index is 8.90. The summed E-state index contributed by atoms with van der Waals surface area (Å²) in [6.45, 7) is 6.13. The minimum absolute atomic E-state index is 0.188. The highest BCUT2D eigenvalue weighted by Gasteiger charge is 2.04. The van der Waals surface area contributed by atoms with Crippen molar-refractivity contribution < 1.29 is 10.2 Å². The Morgan fingerprint density at radius 1 is 0.857 bits per heavy atom. The fourth-order valence-corrected chi connectivity index (χ4v) is 1.23. The van der Waals surface area contributed by atoms with Gasteiger partial charge in [0.15, 0.2) is 0 Å². The molecule has 0 amide bonds. The summed E-state index contributed by atoms with van der Waals surface area (Å²) >= 11 is 0. The van der Waals surface area contributed by atoms with Crippen LogP contribution in [0.4, 0.5) is 0 Å². The van der Waals surface area contributed by atoms with Gasteiger partial charge in [-0.25, -0.2) is 0 Å². The molecule has 14 heavy (non-hydrogen) atoms. The smallest absolute Gasteiger partial charge is 0.0584 e. The molecule has 86 valence electrons. The zero-order valence-electron chi connectivity index (χ0n) is 9.29. The first-order valence-corrected chi connectivity index (χ1v) is 5.46. The lowest BCUT2D eigenvalue weighted by Gasteiger charge is -2.17. The Morgan fingerprint density at radius 2 is 1.21 bits per heavy atom. The first kappa shape index (κ1) is 13.8. The summed E-state index contributed by atoms with van der Waals surface area (Å²) in [6.07, 6.45) is 1.88. The van der Waals surface area contributed by atoms with Gasteiger partial charge in [0.25, 0.3) is 0 Å². The van der Waals surface area contributed by atoms with Gasteiger partial charge in [-0.05, 0) is 12.8 Å². The van der Waals surface area contributed by atoms with Gasteiger partial charge in [0.1, 0.15) is 0 Å². The molecule has 0 unspecified atom stereocenters. The second kappa shape index (κ2) is 9.40. The fourth-order valence-electron chi connectivity index (χ4n) is 1.23.